The Balaban J connectivity index is 2.28. The predicted molar refractivity (Wildman–Crippen MR) is 40.2 cm³/mol. The molecule has 0 unspecified atom stereocenters. The van der Waals surface area contributed by atoms with Crippen molar-refractivity contribution in [2.24, 2.45) is 0 Å². The zero-order valence-corrected chi connectivity index (χ0v) is 6.82. The third-order valence-electron chi connectivity index (χ3n) is 1.86. The van der Waals surface area contributed by atoms with Crippen molar-refractivity contribution in [3.8, 4) is 0 Å². The van der Waals surface area contributed by atoms with E-state index in [-0.39, 0.29) is 0 Å². The van der Waals surface area contributed by atoms with Crippen molar-refractivity contribution < 1.29 is 13.2 Å². The Morgan fingerprint density at radius 2 is 1.83 bits per heavy atom. The van der Waals surface area contributed by atoms with Crippen LogP contribution in [0.15, 0.2) is 0 Å². The van der Waals surface area contributed by atoms with Crippen LogP contribution in [0.5, 0.6) is 0 Å². The van der Waals surface area contributed by atoms with E-state index < -0.39 is 19.1 Å². The van der Waals surface area contributed by atoms with Crippen LogP contribution in [-0.2, 0) is 0 Å². The topological polar surface area (TPSA) is 15.3 Å². The molecule has 0 saturated carbocycles. The maximum absolute atomic E-state index is 12.5. The van der Waals surface area contributed by atoms with Crippen LogP contribution in [0.25, 0.3) is 0 Å². The Hall–Kier alpha value is -0.290. The van der Waals surface area contributed by atoms with Crippen LogP contribution in [0.2, 0.25) is 0 Å². The lowest BCUT2D eigenvalue weighted by Gasteiger charge is -2.29. The molecule has 1 heterocycles. The molecule has 1 fully saturated rings. The molecule has 1 saturated heterocycles. The average molecular weight is 182 g/mol. The first kappa shape index (κ1) is 9.80. The highest BCUT2D eigenvalue weighted by molar-refractivity contribution is 4.75. The first-order valence-corrected chi connectivity index (χ1v) is 4.01. The molecule has 2 nitrogen and oxygen atoms in total. The van der Waals surface area contributed by atoms with E-state index in [2.05, 4.69) is 5.32 Å². The minimum atomic E-state index is -3.17. The first-order valence-electron chi connectivity index (χ1n) is 4.01. The average Bonchev–Trinajstić information content (AvgIpc) is 2.06. The van der Waals surface area contributed by atoms with Gasteiger partial charge in [0, 0.05) is 26.2 Å². The zero-order chi connectivity index (χ0) is 9.03. The van der Waals surface area contributed by atoms with Crippen molar-refractivity contribution in [3.05, 3.63) is 0 Å². The number of hydrogen-bond donors (Lipinski definition) is 1. The molecular weight excluding hydrogens is 169 g/mol. The van der Waals surface area contributed by atoms with Gasteiger partial charge in [0.15, 0.2) is 6.67 Å². The zero-order valence-electron chi connectivity index (χ0n) is 6.82. The lowest BCUT2D eigenvalue weighted by molar-refractivity contribution is -0.0522. The highest BCUT2D eigenvalue weighted by Crippen LogP contribution is 2.15. The summed E-state index contributed by atoms with van der Waals surface area (Å²) >= 11 is 0. The van der Waals surface area contributed by atoms with Gasteiger partial charge in [-0.2, -0.15) is 0 Å². The molecule has 0 bridgehead atoms. The summed E-state index contributed by atoms with van der Waals surface area (Å²) in [5.74, 6) is -3.17. The SMILES string of the molecule is FCC(F)(F)CN1CCNCC1. The molecule has 0 atom stereocenters. The van der Waals surface area contributed by atoms with Crippen LogP contribution in [0.3, 0.4) is 0 Å². The minimum Gasteiger partial charge on any atom is -0.314 e. The van der Waals surface area contributed by atoms with Gasteiger partial charge >= 0.3 is 0 Å². The molecule has 5 heteroatoms. The fourth-order valence-corrected chi connectivity index (χ4v) is 1.24. The van der Waals surface area contributed by atoms with E-state index >= 15 is 0 Å². The van der Waals surface area contributed by atoms with E-state index in [1.807, 2.05) is 0 Å². The molecule has 0 amide bonds. The number of halogens is 3. The highest BCUT2D eigenvalue weighted by atomic mass is 19.3. The van der Waals surface area contributed by atoms with Crippen LogP contribution >= 0.6 is 0 Å². The maximum Gasteiger partial charge on any atom is 0.288 e. The van der Waals surface area contributed by atoms with Gasteiger partial charge in [-0.05, 0) is 0 Å². The molecule has 0 aromatic heterocycles. The molecule has 0 aliphatic carbocycles. The summed E-state index contributed by atoms with van der Waals surface area (Å²) in [5.41, 5.74) is 0. The van der Waals surface area contributed by atoms with E-state index in [1.54, 1.807) is 4.90 Å². The van der Waals surface area contributed by atoms with Crippen molar-refractivity contribution in [1.29, 1.82) is 0 Å². The monoisotopic (exact) mass is 182 g/mol. The maximum atomic E-state index is 12.5. The summed E-state index contributed by atoms with van der Waals surface area (Å²) in [6.45, 7) is 0.567. The molecule has 0 aromatic rings. The van der Waals surface area contributed by atoms with Gasteiger partial charge in [-0.1, -0.05) is 0 Å². The van der Waals surface area contributed by atoms with Crippen LogP contribution in [-0.4, -0.2) is 50.2 Å². The van der Waals surface area contributed by atoms with Crippen LogP contribution < -0.4 is 5.32 Å². The Bertz CT molecular complexity index is 135. The second-order valence-electron chi connectivity index (χ2n) is 3.02. The smallest absolute Gasteiger partial charge is 0.288 e. The number of hydrogen-bond acceptors (Lipinski definition) is 2. The number of rotatable bonds is 3. The fourth-order valence-electron chi connectivity index (χ4n) is 1.24. The van der Waals surface area contributed by atoms with Crippen molar-refractivity contribution in [3.63, 3.8) is 0 Å². The Kier molecular flexibility index (Phi) is 3.34. The summed E-state index contributed by atoms with van der Waals surface area (Å²) in [6.07, 6.45) is 0. The normalized spacial score (nSPS) is 21.2. The summed E-state index contributed by atoms with van der Waals surface area (Å²) in [4.78, 5) is 1.58. The number of piperazine rings is 1. The standard InChI is InChI=1S/C7H13F3N2/c8-5-7(9,10)6-12-3-1-11-2-4-12/h11H,1-6H2. The molecule has 1 N–H and O–H groups in total. The molecule has 0 radical (unpaired) electrons. The number of nitrogens with one attached hydrogen (secondary N) is 1. The van der Waals surface area contributed by atoms with Crippen molar-refractivity contribution >= 4 is 0 Å². The molecular formula is C7H13F3N2. The number of alkyl halides is 3. The molecule has 1 aliphatic rings. The third-order valence-corrected chi connectivity index (χ3v) is 1.86. The van der Waals surface area contributed by atoms with Crippen molar-refractivity contribution in [2.45, 2.75) is 5.92 Å². The van der Waals surface area contributed by atoms with Gasteiger partial charge in [-0.15, -0.1) is 0 Å². The van der Waals surface area contributed by atoms with Gasteiger partial charge in [-0.3, -0.25) is 4.90 Å². The number of nitrogens with zero attached hydrogens (tertiary/aromatic N) is 1. The molecule has 72 valence electrons. The van der Waals surface area contributed by atoms with E-state index in [0.717, 1.165) is 0 Å². The Labute approximate surface area is 69.7 Å². The predicted octanol–water partition coefficient (Wildman–Crippen LogP) is 0.496. The largest absolute Gasteiger partial charge is 0.314 e. The first-order chi connectivity index (χ1) is 5.64. The highest BCUT2D eigenvalue weighted by Gasteiger charge is 2.31. The van der Waals surface area contributed by atoms with E-state index in [1.165, 1.54) is 0 Å². The van der Waals surface area contributed by atoms with Gasteiger partial charge in [0.1, 0.15) is 0 Å². The second kappa shape index (κ2) is 4.09. The van der Waals surface area contributed by atoms with Gasteiger partial charge in [-0.25, -0.2) is 13.2 Å². The summed E-state index contributed by atoms with van der Waals surface area (Å²) in [6, 6.07) is 0. The Morgan fingerprint density at radius 1 is 1.25 bits per heavy atom. The molecule has 0 aromatic carbocycles. The van der Waals surface area contributed by atoms with E-state index in [4.69, 9.17) is 0 Å². The summed E-state index contributed by atoms with van der Waals surface area (Å²) in [7, 11) is 0. The van der Waals surface area contributed by atoms with Crippen molar-refractivity contribution in [1.82, 2.24) is 10.2 Å². The van der Waals surface area contributed by atoms with Crippen molar-refractivity contribution in [2.75, 3.05) is 39.4 Å². The molecule has 1 aliphatic heterocycles. The van der Waals surface area contributed by atoms with E-state index in [0.29, 0.717) is 26.2 Å². The Morgan fingerprint density at radius 3 is 2.33 bits per heavy atom. The molecule has 12 heavy (non-hydrogen) atoms. The third kappa shape index (κ3) is 2.98. The lowest BCUT2D eigenvalue weighted by Crippen LogP contribution is -2.48. The summed E-state index contributed by atoms with van der Waals surface area (Å²) in [5, 5.41) is 3.04. The fraction of sp³-hybridized carbons (Fsp3) is 1.00. The van der Waals surface area contributed by atoms with Gasteiger partial charge in [0.2, 0.25) is 0 Å². The van der Waals surface area contributed by atoms with Gasteiger partial charge in [0.25, 0.3) is 5.92 Å². The van der Waals surface area contributed by atoms with Crippen LogP contribution in [0, 0.1) is 0 Å². The molecule has 0 spiro atoms. The second-order valence-corrected chi connectivity index (χ2v) is 3.02. The van der Waals surface area contributed by atoms with Gasteiger partial charge in [0.05, 0.1) is 6.54 Å². The van der Waals surface area contributed by atoms with Gasteiger partial charge < -0.3 is 5.32 Å². The molecule has 1 rings (SSSR count). The van der Waals surface area contributed by atoms with Crippen LogP contribution in [0.4, 0.5) is 13.2 Å². The quantitative estimate of drug-likeness (QED) is 0.683. The van der Waals surface area contributed by atoms with E-state index in [9.17, 15) is 13.2 Å². The lowest BCUT2D eigenvalue weighted by atomic mass is 10.3. The van der Waals surface area contributed by atoms with Crippen LogP contribution in [0.1, 0.15) is 0 Å². The minimum absolute atomic E-state index is 0.453. The summed E-state index contributed by atoms with van der Waals surface area (Å²) < 4.78 is 36.7.